The molecule has 0 amide bonds. The van der Waals surface area contributed by atoms with Gasteiger partial charge in [-0.3, -0.25) is 0 Å². The van der Waals surface area contributed by atoms with Gasteiger partial charge in [-0.05, 0) is 35.5 Å². The van der Waals surface area contributed by atoms with Crippen molar-refractivity contribution in [2.24, 2.45) is 0 Å². The van der Waals surface area contributed by atoms with Crippen LogP contribution in [-0.4, -0.2) is 11.5 Å². The summed E-state index contributed by atoms with van der Waals surface area (Å²) in [4.78, 5) is 5.87. The number of aromatic nitrogens is 1. The second-order valence-electron chi connectivity index (χ2n) is 3.49. The van der Waals surface area contributed by atoms with Gasteiger partial charge in [0, 0.05) is 25.8 Å². The number of aryl methyl sites for hydroxylation is 1. The molecule has 0 saturated heterocycles. The van der Waals surface area contributed by atoms with Gasteiger partial charge in [0.2, 0.25) is 0 Å². The molecule has 86 valence electrons. The van der Waals surface area contributed by atoms with Crippen molar-refractivity contribution in [3.63, 3.8) is 0 Å². The van der Waals surface area contributed by atoms with E-state index < -0.39 is 0 Å². The van der Waals surface area contributed by atoms with Crippen LogP contribution >= 0.6 is 38.6 Å². The smallest absolute Gasteiger partial charge is 0.115 e. The van der Waals surface area contributed by atoms with E-state index in [1.54, 1.807) is 22.7 Å². The Kier molecular flexibility index (Phi) is 4.13. The predicted molar refractivity (Wildman–Crippen MR) is 74.4 cm³/mol. The van der Waals surface area contributed by atoms with E-state index in [-0.39, 0.29) is 6.04 Å². The Balaban J connectivity index is 2.30. The molecule has 0 bridgehead atoms. The first kappa shape index (κ1) is 12.2. The molecule has 2 nitrogen and oxygen atoms in total. The highest BCUT2D eigenvalue weighted by Gasteiger charge is 2.17. The third-order valence-electron chi connectivity index (χ3n) is 2.16. The van der Waals surface area contributed by atoms with E-state index in [1.807, 2.05) is 6.92 Å². The molecule has 16 heavy (non-hydrogen) atoms. The van der Waals surface area contributed by atoms with E-state index >= 15 is 0 Å². The van der Waals surface area contributed by atoms with Gasteiger partial charge < -0.3 is 5.32 Å². The minimum atomic E-state index is 0.236. The summed E-state index contributed by atoms with van der Waals surface area (Å²) in [5.41, 5.74) is 1.10. The minimum Gasteiger partial charge on any atom is -0.304 e. The summed E-state index contributed by atoms with van der Waals surface area (Å²) in [5, 5.41) is 8.84. The molecule has 2 heterocycles. The van der Waals surface area contributed by atoms with Crippen molar-refractivity contribution < 1.29 is 0 Å². The highest BCUT2D eigenvalue weighted by atomic mass is 79.9. The van der Waals surface area contributed by atoms with Crippen molar-refractivity contribution in [2.45, 2.75) is 19.9 Å². The van der Waals surface area contributed by atoms with Crippen LogP contribution in [0, 0.1) is 6.92 Å². The van der Waals surface area contributed by atoms with Gasteiger partial charge >= 0.3 is 0 Å². The fraction of sp³-hybridized carbons (Fsp3) is 0.364. The summed E-state index contributed by atoms with van der Waals surface area (Å²) in [5.74, 6) is 0. The second-order valence-corrected chi connectivity index (χ2v) is 6.23. The van der Waals surface area contributed by atoms with Gasteiger partial charge in [-0.15, -0.1) is 22.7 Å². The fourth-order valence-electron chi connectivity index (χ4n) is 1.50. The van der Waals surface area contributed by atoms with Crippen molar-refractivity contribution >= 4 is 38.6 Å². The SMILES string of the molecule is CCNC(c1cc(Br)cs1)c1nc(C)cs1. The number of thiophene rings is 1. The van der Waals surface area contributed by atoms with Crippen LogP contribution in [0.1, 0.15) is 28.5 Å². The molecular weight excluding hydrogens is 304 g/mol. The molecule has 0 aliphatic carbocycles. The Bertz CT molecular complexity index is 424. The summed E-state index contributed by atoms with van der Waals surface area (Å²) < 4.78 is 1.14. The first-order valence-corrected chi connectivity index (χ1v) is 7.65. The third-order valence-corrected chi connectivity index (χ3v) is 4.95. The summed E-state index contributed by atoms with van der Waals surface area (Å²) in [7, 11) is 0. The molecule has 0 saturated carbocycles. The Labute approximate surface area is 112 Å². The maximum atomic E-state index is 4.56. The maximum Gasteiger partial charge on any atom is 0.115 e. The van der Waals surface area contributed by atoms with Gasteiger partial charge in [-0.25, -0.2) is 4.98 Å². The number of halogens is 1. The van der Waals surface area contributed by atoms with E-state index in [1.165, 1.54) is 4.88 Å². The first-order valence-electron chi connectivity index (χ1n) is 5.10. The van der Waals surface area contributed by atoms with Gasteiger partial charge in [0.25, 0.3) is 0 Å². The molecule has 0 aromatic carbocycles. The molecule has 0 aliphatic heterocycles. The molecule has 2 rings (SSSR count). The molecule has 1 N–H and O–H groups in total. The number of nitrogens with one attached hydrogen (secondary N) is 1. The largest absolute Gasteiger partial charge is 0.304 e. The normalized spacial score (nSPS) is 12.9. The third kappa shape index (κ3) is 2.71. The van der Waals surface area contributed by atoms with E-state index in [0.29, 0.717) is 0 Å². The van der Waals surface area contributed by atoms with Crippen LogP contribution in [0.4, 0.5) is 0 Å². The Morgan fingerprint density at radius 1 is 1.44 bits per heavy atom. The van der Waals surface area contributed by atoms with Crippen LogP contribution in [0.2, 0.25) is 0 Å². The molecule has 2 aromatic rings. The molecule has 0 spiro atoms. The Morgan fingerprint density at radius 2 is 2.25 bits per heavy atom. The van der Waals surface area contributed by atoms with E-state index in [2.05, 4.69) is 50.0 Å². The van der Waals surface area contributed by atoms with Crippen molar-refractivity contribution in [1.29, 1.82) is 0 Å². The van der Waals surface area contributed by atoms with Gasteiger partial charge in [-0.2, -0.15) is 0 Å². The molecule has 0 aliphatic rings. The van der Waals surface area contributed by atoms with Gasteiger partial charge in [0.1, 0.15) is 5.01 Å². The molecule has 0 radical (unpaired) electrons. The fourth-order valence-corrected chi connectivity index (χ4v) is 3.98. The number of hydrogen-bond donors (Lipinski definition) is 1. The van der Waals surface area contributed by atoms with E-state index in [0.717, 1.165) is 21.7 Å². The van der Waals surface area contributed by atoms with Crippen LogP contribution < -0.4 is 5.32 Å². The van der Waals surface area contributed by atoms with Crippen LogP contribution in [0.5, 0.6) is 0 Å². The molecule has 0 fully saturated rings. The number of hydrogen-bond acceptors (Lipinski definition) is 4. The summed E-state index contributed by atoms with van der Waals surface area (Å²) in [6, 6.07) is 2.40. The van der Waals surface area contributed by atoms with Crippen molar-refractivity contribution in [3.05, 3.63) is 36.9 Å². The highest BCUT2D eigenvalue weighted by Crippen LogP contribution is 2.31. The van der Waals surface area contributed by atoms with Crippen LogP contribution in [-0.2, 0) is 0 Å². The quantitative estimate of drug-likeness (QED) is 0.923. The van der Waals surface area contributed by atoms with Gasteiger partial charge in [-0.1, -0.05) is 6.92 Å². The lowest BCUT2D eigenvalue weighted by Crippen LogP contribution is -2.20. The zero-order valence-electron chi connectivity index (χ0n) is 9.16. The van der Waals surface area contributed by atoms with Crippen LogP contribution in [0.25, 0.3) is 0 Å². The van der Waals surface area contributed by atoms with Crippen LogP contribution in [0.15, 0.2) is 21.3 Å². The zero-order valence-corrected chi connectivity index (χ0v) is 12.4. The molecule has 1 unspecified atom stereocenters. The zero-order chi connectivity index (χ0) is 11.5. The lowest BCUT2D eigenvalue weighted by atomic mass is 10.2. The molecule has 2 aromatic heterocycles. The van der Waals surface area contributed by atoms with Crippen molar-refractivity contribution in [3.8, 4) is 0 Å². The van der Waals surface area contributed by atoms with Gasteiger partial charge in [0.05, 0.1) is 6.04 Å². The Hall–Kier alpha value is -0.230. The average molecular weight is 317 g/mol. The predicted octanol–water partition coefficient (Wildman–Crippen LogP) is 3.97. The maximum absolute atomic E-state index is 4.56. The first-order chi connectivity index (χ1) is 7.70. The van der Waals surface area contributed by atoms with Crippen LogP contribution in [0.3, 0.4) is 0 Å². The number of nitrogens with zero attached hydrogens (tertiary/aromatic N) is 1. The monoisotopic (exact) mass is 316 g/mol. The van der Waals surface area contributed by atoms with E-state index in [9.17, 15) is 0 Å². The topological polar surface area (TPSA) is 24.9 Å². The molecule has 1 atom stereocenters. The van der Waals surface area contributed by atoms with Crippen molar-refractivity contribution in [2.75, 3.05) is 6.54 Å². The summed E-state index contributed by atoms with van der Waals surface area (Å²) >= 11 is 6.97. The highest BCUT2D eigenvalue weighted by molar-refractivity contribution is 9.10. The Morgan fingerprint density at radius 3 is 2.75 bits per heavy atom. The lowest BCUT2D eigenvalue weighted by Gasteiger charge is -2.13. The standard InChI is InChI=1S/C11H13BrN2S2/c1-3-13-10(9-4-8(12)6-15-9)11-14-7(2)5-16-11/h4-6,10,13H,3H2,1-2H3. The average Bonchev–Trinajstić information content (AvgIpc) is 2.84. The number of rotatable bonds is 4. The number of thiazole rings is 1. The summed E-state index contributed by atoms with van der Waals surface area (Å²) in [6.45, 7) is 5.10. The van der Waals surface area contributed by atoms with E-state index in [4.69, 9.17) is 0 Å². The van der Waals surface area contributed by atoms with Gasteiger partial charge in [0.15, 0.2) is 0 Å². The molecule has 5 heteroatoms. The lowest BCUT2D eigenvalue weighted by molar-refractivity contribution is 0.635. The minimum absolute atomic E-state index is 0.236. The van der Waals surface area contributed by atoms with Crippen molar-refractivity contribution in [1.82, 2.24) is 10.3 Å². The summed E-state index contributed by atoms with van der Waals surface area (Å²) in [6.07, 6.45) is 0. The second kappa shape index (κ2) is 5.40. The molecular formula is C11H13BrN2S2.